The third-order valence-corrected chi connectivity index (χ3v) is 9.42. The van der Waals surface area contributed by atoms with E-state index < -0.39 is 5.54 Å². The summed E-state index contributed by atoms with van der Waals surface area (Å²) in [6.07, 6.45) is 13.3. The van der Waals surface area contributed by atoms with Crippen molar-refractivity contribution >= 4 is 23.4 Å². The van der Waals surface area contributed by atoms with Crippen LogP contribution in [0, 0.1) is 11.8 Å². The van der Waals surface area contributed by atoms with Crippen LogP contribution in [0.15, 0.2) is 86.0 Å². The van der Waals surface area contributed by atoms with Crippen LogP contribution in [0.5, 0.6) is 0 Å². The van der Waals surface area contributed by atoms with Gasteiger partial charge in [-0.1, -0.05) is 99.7 Å². The average Bonchev–Trinajstić information content (AvgIpc) is 2.98. The molecule has 3 nitrogen and oxygen atoms in total. The molecule has 2 aromatic rings. The van der Waals surface area contributed by atoms with Crippen molar-refractivity contribution < 1.29 is 9.53 Å². The summed E-state index contributed by atoms with van der Waals surface area (Å²) in [4.78, 5) is 12.4. The van der Waals surface area contributed by atoms with E-state index >= 15 is 0 Å². The highest BCUT2D eigenvalue weighted by Gasteiger charge is 2.24. The molecular weight excluding hydrogens is 534 g/mol. The second-order valence-corrected chi connectivity index (χ2v) is 13.7. The van der Waals surface area contributed by atoms with Crippen LogP contribution in [0.25, 0.3) is 5.57 Å². The summed E-state index contributed by atoms with van der Waals surface area (Å²) < 4.78 is 5.48. The minimum Gasteiger partial charge on any atom is -0.449 e. The van der Waals surface area contributed by atoms with Gasteiger partial charge in [-0.3, -0.25) is 0 Å². The Balaban J connectivity index is 1.62. The lowest BCUT2D eigenvalue weighted by molar-refractivity contribution is 0.142. The summed E-state index contributed by atoms with van der Waals surface area (Å²) in [5.74, 6) is 3.07. The molecule has 3 atom stereocenters. The van der Waals surface area contributed by atoms with Crippen LogP contribution in [-0.2, 0) is 15.7 Å². The summed E-state index contributed by atoms with van der Waals surface area (Å²) in [7, 11) is 0. The summed E-state index contributed by atoms with van der Waals surface area (Å²) in [5.41, 5.74) is 4.20. The second kappa shape index (κ2) is 18.1. The van der Waals surface area contributed by atoms with E-state index in [1.165, 1.54) is 12.0 Å². The molecule has 0 heterocycles. The Morgan fingerprint density at radius 3 is 2.40 bits per heavy atom. The standard InChI is InChI=1S/C38H55NO2S/c1-9-32(18-13-12-16-24-38(8,10-2)34-20-14-11-15-21-34)28-31(5)23-26-42-27-25-41-36(40)39-37(6,7)35-22-17-19-33(29-35)30(3)4/h9,11-12,14-17,19-22,29,31-32H,1,3,10,13,18,23-28H2,2,4-8H3,(H,39,40)/b16-12+. The molecule has 0 saturated heterocycles. The molecule has 230 valence electrons. The zero-order valence-corrected chi connectivity index (χ0v) is 27.9. The van der Waals surface area contributed by atoms with Crippen LogP contribution in [-0.4, -0.2) is 24.2 Å². The highest BCUT2D eigenvalue weighted by atomic mass is 32.2. The number of rotatable bonds is 19. The third kappa shape index (κ3) is 12.3. The molecule has 42 heavy (non-hydrogen) atoms. The van der Waals surface area contributed by atoms with Crippen molar-refractivity contribution in [1.82, 2.24) is 5.32 Å². The van der Waals surface area contributed by atoms with Gasteiger partial charge < -0.3 is 10.1 Å². The van der Waals surface area contributed by atoms with Gasteiger partial charge in [-0.25, -0.2) is 4.79 Å². The Morgan fingerprint density at radius 1 is 1.02 bits per heavy atom. The maximum atomic E-state index is 12.4. The molecular formula is C38H55NO2S. The molecule has 2 aromatic carbocycles. The smallest absolute Gasteiger partial charge is 0.407 e. The van der Waals surface area contributed by atoms with Crippen LogP contribution in [0.2, 0.25) is 0 Å². The Morgan fingerprint density at radius 2 is 1.74 bits per heavy atom. The van der Waals surface area contributed by atoms with Crippen LogP contribution in [0.3, 0.4) is 0 Å². The molecule has 0 aliphatic rings. The van der Waals surface area contributed by atoms with E-state index in [0.29, 0.717) is 18.4 Å². The fourth-order valence-electron chi connectivity index (χ4n) is 5.16. The van der Waals surface area contributed by atoms with Gasteiger partial charge in [-0.15, -0.1) is 6.58 Å². The Bertz CT molecular complexity index is 1140. The van der Waals surface area contributed by atoms with Gasteiger partial charge in [0.1, 0.15) is 6.61 Å². The van der Waals surface area contributed by atoms with Crippen molar-refractivity contribution in [2.24, 2.45) is 11.8 Å². The first-order chi connectivity index (χ1) is 20.0. The lowest BCUT2D eigenvalue weighted by Gasteiger charge is -2.27. The molecule has 0 aromatic heterocycles. The lowest BCUT2D eigenvalue weighted by atomic mass is 9.77. The number of amides is 1. The van der Waals surface area contributed by atoms with Gasteiger partial charge in [0.05, 0.1) is 5.54 Å². The van der Waals surface area contributed by atoms with E-state index in [2.05, 4.69) is 93.9 Å². The summed E-state index contributed by atoms with van der Waals surface area (Å²) in [6.45, 7) is 21.5. The first kappa shape index (κ1) is 35.5. The first-order valence-electron chi connectivity index (χ1n) is 15.6. The van der Waals surface area contributed by atoms with Gasteiger partial charge in [0.25, 0.3) is 0 Å². The molecule has 4 heteroatoms. The Kier molecular flexibility index (Phi) is 15.3. The number of benzene rings is 2. The molecule has 0 aliphatic carbocycles. The molecule has 0 bridgehead atoms. The average molecular weight is 590 g/mol. The molecule has 1 N–H and O–H groups in total. The predicted molar refractivity (Wildman–Crippen MR) is 185 cm³/mol. The molecule has 0 saturated carbocycles. The Labute approximate surface area is 261 Å². The van der Waals surface area contributed by atoms with Gasteiger partial charge in [-0.05, 0) is 105 Å². The highest BCUT2D eigenvalue weighted by molar-refractivity contribution is 7.99. The fraction of sp³-hybridized carbons (Fsp3) is 0.500. The van der Waals surface area contributed by atoms with Gasteiger partial charge in [0.15, 0.2) is 0 Å². The molecule has 1 amide bonds. The third-order valence-electron chi connectivity index (χ3n) is 8.44. The number of hydrogen-bond acceptors (Lipinski definition) is 3. The SMILES string of the molecule is C=CC(CC/C=C/CC(C)(CC)c1ccccc1)CC(C)CCSCCOC(=O)NC(C)(C)c1cccc(C(=C)C)c1. The van der Waals surface area contributed by atoms with Gasteiger partial charge in [-0.2, -0.15) is 11.8 Å². The maximum absolute atomic E-state index is 12.4. The number of hydrogen-bond donors (Lipinski definition) is 1. The minimum atomic E-state index is -0.527. The first-order valence-corrected chi connectivity index (χ1v) is 16.8. The predicted octanol–water partition coefficient (Wildman–Crippen LogP) is 10.7. The molecule has 0 aliphatic heterocycles. The van der Waals surface area contributed by atoms with E-state index in [1.54, 1.807) is 0 Å². The minimum absolute atomic E-state index is 0.199. The van der Waals surface area contributed by atoms with Crippen molar-refractivity contribution in [2.45, 2.75) is 91.0 Å². The van der Waals surface area contributed by atoms with E-state index in [1.807, 2.05) is 50.7 Å². The van der Waals surface area contributed by atoms with Crippen LogP contribution >= 0.6 is 11.8 Å². The normalized spacial score (nSPS) is 14.6. The van der Waals surface area contributed by atoms with E-state index in [-0.39, 0.29) is 11.5 Å². The number of ether oxygens (including phenoxy) is 1. The van der Waals surface area contributed by atoms with Crippen LogP contribution in [0.1, 0.15) is 96.8 Å². The lowest BCUT2D eigenvalue weighted by Crippen LogP contribution is -2.41. The molecule has 2 rings (SSSR count). The molecule has 0 radical (unpaired) electrons. The van der Waals surface area contributed by atoms with Gasteiger partial charge in [0.2, 0.25) is 0 Å². The second-order valence-electron chi connectivity index (χ2n) is 12.5. The quantitative estimate of drug-likeness (QED) is 0.131. The van der Waals surface area contributed by atoms with Crippen molar-refractivity contribution in [3.05, 3.63) is 103 Å². The number of nitrogens with one attached hydrogen (secondary N) is 1. The summed E-state index contributed by atoms with van der Waals surface area (Å²) >= 11 is 1.85. The number of allylic oxidation sites excluding steroid dienone is 4. The number of carbonyl (C=O) groups is 1. The van der Waals surface area contributed by atoms with Gasteiger partial charge >= 0.3 is 6.09 Å². The fourth-order valence-corrected chi connectivity index (χ4v) is 6.14. The number of alkyl carbamates (subject to hydrolysis) is 1. The maximum Gasteiger partial charge on any atom is 0.407 e. The van der Waals surface area contributed by atoms with Crippen molar-refractivity contribution in [2.75, 3.05) is 18.1 Å². The zero-order chi connectivity index (χ0) is 31.0. The zero-order valence-electron chi connectivity index (χ0n) is 27.1. The van der Waals surface area contributed by atoms with Crippen molar-refractivity contribution in [3.8, 4) is 0 Å². The van der Waals surface area contributed by atoms with Gasteiger partial charge in [0, 0.05) is 5.75 Å². The number of carbonyl (C=O) groups excluding carboxylic acids is 1. The van der Waals surface area contributed by atoms with E-state index in [4.69, 9.17) is 4.74 Å². The Hall–Kier alpha value is -2.72. The molecule has 0 fully saturated rings. The van der Waals surface area contributed by atoms with Crippen LogP contribution < -0.4 is 5.32 Å². The number of thioether (sulfide) groups is 1. The highest BCUT2D eigenvalue weighted by Crippen LogP contribution is 2.32. The summed E-state index contributed by atoms with van der Waals surface area (Å²) in [6, 6.07) is 19.0. The topological polar surface area (TPSA) is 38.3 Å². The van der Waals surface area contributed by atoms with Crippen molar-refractivity contribution in [1.29, 1.82) is 0 Å². The molecule has 0 spiro atoms. The van der Waals surface area contributed by atoms with E-state index in [9.17, 15) is 4.79 Å². The summed E-state index contributed by atoms with van der Waals surface area (Å²) in [5, 5.41) is 3.00. The molecule has 3 unspecified atom stereocenters. The van der Waals surface area contributed by atoms with Crippen LogP contribution in [0.4, 0.5) is 4.79 Å². The van der Waals surface area contributed by atoms with Crippen molar-refractivity contribution in [3.63, 3.8) is 0 Å². The van der Waals surface area contributed by atoms with E-state index in [0.717, 1.165) is 60.3 Å². The monoisotopic (exact) mass is 589 g/mol. The largest absolute Gasteiger partial charge is 0.449 e.